The minimum absolute atomic E-state index is 0.0406. The molecule has 2 aromatic rings. The highest BCUT2D eigenvalue weighted by Gasteiger charge is 2.29. The Labute approximate surface area is 128 Å². The molecule has 0 radical (unpaired) electrons. The molecule has 1 aliphatic heterocycles. The average molecular weight is 304 g/mol. The maximum Gasteiger partial charge on any atom is 0.317 e. The molecule has 1 N–H and O–H groups in total. The molecule has 0 saturated carbocycles. The molecule has 6 heteroatoms. The van der Waals surface area contributed by atoms with Crippen molar-refractivity contribution in [1.29, 1.82) is 0 Å². The summed E-state index contributed by atoms with van der Waals surface area (Å²) in [6, 6.07) is 2.42. The van der Waals surface area contributed by atoms with Gasteiger partial charge in [-0.05, 0) is 29.9 Å². The van der Waals surface area contributed by atoms with E-state index in [0.717, 1.165) is 25.9 Å². The summed E-state index contributed by atoms with van der Waals surface area (Å²) >= 11 is 1.81. The predicted molar refractivity (Wildman–Crippen MR) is 83.4 cm³/mol. The number of amides is 2. The summed E-state index contributed by atoms with van der Waals surface area (Å²) in [7, 11) is 0. The summed E-state index contributed by atoms with van der Waals surface area (Å²) in [5.74, 6) is 0. The Bertz CT molecular complexity index is 593. The van der Waals surface area contributed by atoms with Crippen LogP contribution in [0.25, 0.3) is 0 Å². The summed E-state index contributed by atoms with van der Waals surface area (Å²) in [6.45, 7) is 4.32. The standard InChI is InChI=1S/C15H20N4OS/c1-2-13-12-4-10-21-14(12)3-7-19(13)15(20)17-6-9-18-8-5-16-11-18/h4-5,8,10-11,13H,2-3,6-7,9H2,1H3,(H,17,20). The Morgan fingerprint density at radius 3 is 3.24 bits per heavy atom. The van der Waals surface area contributed by atoms with Gasteiger partial charge >= 0.3 is 6.03 Å². The van der Waals surface area contributed by atoms with E-state index in [1.807, 2.05) is 15.7 Å². The molecule has 3 rings (SSSR count). The highest BCUT2D eigenvalue weighted by atomic mass is 32.1. The molecule has 2 amide bonds. The molecular formula is C15H20N4OS. The van der Waals surface area contributed by atoms with E-state index in [1.54, 1.807) is 23.9 Å². The minimum atomic E-state index is 0.0406. The number of nitrogens with one attached hydrogen (secondary N) is 1. The zero-order chi connectivity index (χ0) is 14.7. The van der Waals surface area contributed by atoms with Crippen LogP contribution in [0.15, 0.2) is 30.2 Å². The topological polar surface area (TPSA) is 50.2 Å². The van der Waals surface area contributed by atoms with Crippen LogP contribution in [0.2, 0.25) is 0 Å². The Balaban J connectivity index is 1.59. The van der Waals surface area contributed by atoms with Crippen LogP contribution in [0, 0.1) is 0 Å². The molecule has 0 saturated heterocycles. The summed E-state index contributed by atoms with van der Waals surface area (Å²) in [6.07, 6.45) is 7.34. The first-order valence-corrected chi connectivity index (χ1v) is 8.24. The number of carbonyl (C=O) groups is 1. The number of imidazole rings is 1. The molecule has 0 aromatic carbocycles. The third-order valence-electron chi connectivity index (χ3n) is 3.95. The Kier molecular flexibility index (Phi) is 4.24. The Morgan fingerprint density at radius 2 is 2.48 bits per heavy atom. The maximum atomic E-state index is 12.4. The van der Waals surface area contributed by atoms with Crippen molar-refractivity contribution in [2.45, 2.75) is 32.4 Å². The summed E-state index contributed by atoms with van der Waals surface area (Å²) in [4.78, 5) is 19.8. The summed E-state index contributed by atoms with van der Waals surface area (Å²) in [5, 5.41) is 5.15. The number of fused-ring (bicyclic) bond motifs is 1. The number of rotatable bonds is 4. The number of hydrogen-bond acceptors (Lipinski definition) is 3. The van der Waals surface area contributed by atoms with Gasteiger partial charge in [-0.3, -0.25) is 0 Å². The van der Waals surface area contributed by atoms with Gasteiger partial charge < -0.3 is 14.8 Å². The van der Waals surface area contributed by atoms with Gasteiger partial charge in [0, 0.05) is 36.9 Å². The molecule has 0 spiro atoms. The summed E-state index contributed by atoms with van der Waals surface area (Å²) < 4.78 is 1.96. The van der Waals surface area contributed by atoms with E-state index in [0.29, 0.717) is 6.54 Å². The van der Waals surface area contributed by atoms with Crippen LogP contribution in [0.1, 0.15) is 29.8 Å². The first kappa shape index (κ1) is 14.1. The fourth-order valence-corrected chi connectivity index (χ4v) is 3.82. The van der Waals surface area contributed by atoms with Crippen LogP contribution in [0.4, 0.5) is 4.79 Å². The molecule has 1 unspecified atom stereocenters. The van der Waals surface area contributed by atoms with E-state index >= 15 is 0 Å². The van der Waals surface area contributed by atoms with Gasteiger partial charge in [0.1, 0.15) is 0 Å². The van der Waals surface area contributed by atoms with Gasteiger partial charge in [0.25, 0.3) is 0 Å². The van der Waals surface area contributed by atoms with E-state index < -0.39 is 0 Å². The van der Waals surface area contributed by atoms with Crippen LogP contribution in [-0.2, 0) is 13.0 Å². The van der Waals surface area contributed by atoms with Crippen molar-refractivity contribution >= 4 is 17.4 Å². The lowest BCUT2D eigenvalue weighted by molar-refractivity contribution is 0.167. The van der Waals surface area contributed by atoms with Gasteiger partial charge in [-0.25, -0.2) is 9.78 Å². The fraction of sp³-hybridized carbons (Fsp3) is 0.467. The third kappa shape index (κ3) is 2.95. The SMILES string of the molecule is CCC1c2ccsc2CCN1C(=O)NCCn1ccnc1. The molecule has 3 heterocycles. The number of urea groups is 1. The van der Waals surface area contributed by atoms with Gasteiger partial charge in [0.05, 0.1) is 12.4 Å². The molecule has 0 bridgehead atoms. The number of carbonyl (C=O) groups excluding carboxylic acids is 1. The highest BCUT2D eigenvalue weighted by Crippen LogP contribution is 2.34. The summed E-state index contributed by atoms with van der Waals surface area (Å²) in [5.41, 5.74) is 1.33. The van der Waals surface area contributed by atoms with Gasteiger partial charge in [-0.1, -0.05) is 6.92 Å². The minimum Gasteiger partial charge on any atom is -0.336 e. The van der Waals surface area contributed by atoms with Crippen molar-refractivity contribution in [3.63, 3.8) is 0 Å². The molecule has 1 atom stereocenters. The highest BCUT2D eigenvalue weighted by molar-refractivity contribution is 7.10. The average Bonchev–Trinajstić information content (AvgIpc) is 3.16. The van der Waals surface area contributed by atoms with E-state index in [9.17, 15) is 4.79 Å². The predicted octanol–water partition coefficient (Wildman–Crippen LogP) is 2.66. The molecule has 1 aliphatic rings. The van der Waals surface area contributed by atoms with Crippen LogP contribution in [0.3, 0.4) is 0 Å². The second-order valence-corrected chi connectivity index (χ2v) is 6.20. The van der Waals surface area contributed by atoms with Crippen molar-refractivity contribution in [1.82, 2.24) is 19.8 Å². The lowest BCUT2D eigenvalue weighted by Crippen LogP contribution is -2.45. The number of aromatic nitrogens is 2. The molecule has 0 fully saturated rings. The smallest absolute Gasteiger partial charge is 0.317 e. The van der Waals surface area contributed by atoms with E-state index in [1.165, 1.54) is 10.4 Å². The molecule has 0 aliphatic carbocycles. The van der Waals surface area contributed by atoms with Crippen LogP contribution in [0.5, 0.6) is 0 Å². The zero-order valence-corrected chi connectivity index (χ0v) is 13.0. The first-order chi connectivity index (χ1) is 10.3. The lowest BCUT2D eigenvalue weighted by atomic mass is 9.98. The molecule has 21 heavy (non-hydrogen) atoms. The largest absolute Gasteiger partial charge is 0.336 e. The second kappa shape index (κ2) is 6.30. The van der Waals surface area contributed by atoms with Crippen LogP contribution >= 0.6 is 11.3 Å². The quantitative estimate of drug-likeness (QED) is 0.944. The number of nitrogens with zero attached hydrogens (tertiary/aromatic N) is 3. The number of hydrogen-bond donors (Lipinski definition) is 1. The fourth-order valence-electron chi connectivity index (χ4n) is 2.89. The molecular weight excluding hydrogens is 284 g/mol. The second-order valence-electron chi connectivity index (χ2n) is 5.20. The Hall–Kier alpha value is -1.82. The van der Waals surface area contributed by atoms with Gasteiger partial charge in [0.2, 0.25) is 0 Å². The van der Waals surface area contributed by atoms with Crippen LogP contribution < -0.4 is 5.32 Å². The normalized spacial score (nSPS) is 17.6. The first-order valence-electron chi connectivity index (χ1n) is 7.36. The monoisotopic (exact) mass is 304 g/mol. The third-order valence-corrected chi connectivity index (χ3v) is 4.94. The zero-order valence-electron chi connectivity index (χ0n) is 12.2. The lowest BCUT2D eigenvalue weighted by Gasteiger charge is -2.35. The number of thiophene rings is 1. The molecule has 5 nitrogen and oxygen atoms in total. The van der Waals surface area contributed by atoms with Gasteiger partial charge in [-0.2, -0.15) is 0 Å². The van der Waals surface area contributed by atoms with Crippen molar-refractivity contribution in [2.75, 3.05) is 13.1 Å². The van der Waals surface area contributed by atoms with Crippen molar-refractivity contribution in [3.05, 3.63) is 40.6 Å². The molecule has 2 aromatic heterocycles. The van der Waals surface area contributed by atoms with Crippen LogP contribution in [-0.4, -0.2) is 33.6 Å². The van der Waals surface area contributed by atoms with Crippen molar-refractivity contribution in [3.8, 4) is 0 Å². The van der Waals surface area contributed by atoms with E-state index in [2.05, 4.69) is 28.7 Å². The van der Waals surface area contributed by atoms with E-state index in [-0.39, 0.29) is 12.1 Å². The molecule has 112 valence electrons. The van der Waals surface area contributed by atoms with Gasteiger partial charge in [-0.15, -0.1) is 11.3 Å². The van der Waals surface area contributed by atoms with E-state index in [4.69, 9.17) is 0 Å². The maximum absolute atomic E-state index is 12.4. The Morgan fingerprint density at radius 1 is 1.57 bits per heavy atom. The van der Waals surface area contributed by atoms with Crippen molar-refractivity contribution < 1.29 is 4.79 Å². The van der Waals surface area contributed by atoms with Gasteiger partial charge in [0.15, 0.2) is 0 Å². The van der Waals surface area contributed by atoms with Crippen molar-refractivity contribution in [2.24, 2.45) is 0 Å².